The Hall–Kier alpha value is -2.59. The molecule has 0 aliphatic heterocycles. The summed E-state index contributed by atoms with van der Waals surface area (Å²) in [4.78, 5) is 23.2. The number of hydrogen-bond acceptors (Lipinski definition) is 3. The molecule has 0 unspecified atom stereocenters. The summed E-state index contributed by atoms with van der Waals surface area (Å²) in [5.41, 5.74) is 1.76. The minimum atomic E-state index is -0.583. The zero-order chi connectivity index (χ0) is 16.5. The van der Waals surface area contributed by atoms with Gasteiger partial charge in [0, 0.05) is 17.6 Å². The van der Waals surface area contributed by atoms with E-state index in [2.05, 4.69) is 5.32 Å². The molecule has 2 rings (SSSR count). The van der Waals surface area contributed by atoms with Crippen molar-refractivity contribution in [2.45, 2.75) is 6.54 Å². The Labute approximate surface area is 139 Å². The van der Waals surface area contributed by atoms with Gasteiger partial charge in [-0.25, -0.2) is 4.79 Å². The molecular weight excluding hydrogens is 314 g/mol. The van der Waals surface area contributed by atoms with E-state index in [-0.39, 0.29) is 12.5 Å². The van der Waals surface area contributed by atoms with Gasteiger partial charge in [-0.2, -0.15) is 0 Å². The summed E-state index contributed by atoms with van der Waals surface area (Å²) in [5.74, 6) is -0.932. The van der Waals surface area contributed by atoms with Crippen molar-refractivity contribution >= 4 is 29.6 Å². The molecule has 0 bridgehead atoms. The van der Waals surface area contributed by atoms with Gasteiger partial charge >= 0.3 is 5.97 Å². The van der Waals surface area contributed by atoms with Crippen molar-refractivity contribution in [1.29, 1.82) is 0 Å². The average Bonchev–Trinajstić information content (AvgIpc) is 2.57. The fourth-order valence-corrected chi connectivity index (χ4v) is 2.01. The van der Waals surface area contributed by atoms with Crippen molar-refractivity contribution in [1.82, 2.24) is 5.32 Å². The lowest BCUT2D eigenvalue weighted by molar-refractivity contribution is -0.143. The summed E-state index contributed by atoms with van der Waals surface area (Å²) in [7, 11) is 0. The van der Waals surface area contributed by atoms with Gasteiger partial charge in [0.1, 0.15) is 0 Å². The molecule has 0 aliphatic rings. The number of nitrogens with one attached hydrogen (secondary N) is 1. The van der Waals surface area contributed by atoms with Crippen LogP contribution in [0.5, 0.6) is 0 Å². The first kappa shape index (κ1) is 16.8. The van der Waals surface area contributed by atoms with E-state index < -0.39 is 5.97 Å². The van der Waals surface area contributed by atoms with E-state index in [1.54, 1.807) is 24.3 Å². The molecule has 4 nitrogen and oxygen atoms in total. The molecule has 23 heavy (non-hydrogen) atoms. The second-order valence-corrected chi connectivity index (χ2v) is 5.19. The molecule has 0 saturated heterocycles. The second-order valence-electron chi connectivity index (χ2n) is 4.76. The number of benzene rings is 2. The number of hydrogen-bond donors (Lipinski definition) is 1. The van der Waals surface area contributed by atoms with Crippen LogP contribution in [0.3, 0.4) is 0 Å². The first-order chi connectivity index (χ1) is 11.1. The average molecular weight is 330 g/mol. The Morgan fingerprint density at radius 2 is 1.87 bits per heavy atom. The van der Waals surface area contributed by atoms with E-state index in [0.717, 1.165) is 11.1 Å². The van der Waals surface area contributed by atoms with E-state index in [4.69, 9.17) is 16.3 Å². The summed E-state index contributed by atoms with van der Waals surface area (Å²) in [6.07, 6.45) is 2.84. The molecule has 0 aromatic heterocycles. The summed E-state index contributed by atoms with van der Waals surface area (Å²) in [5, 5.41) is 3.26. The first-order valence-corrected chi connectivity index (χ1v) is 7.42. The monoisotopic (exact) mass is 329 g/mol. The number of ether oxygens (including phenoxy) is 1. The summed E-state index contributed by atoms with van der Waals surface area (Å²) in [6, 6.07) is 16.5. The van der Waals surface area contributed by atoms with Gasteiger partial charge in [-0.05, 0) is 29.3 Å². The molecule has 5 heteroatoms. The standard InChI is InChI=1S/C18H16ClNO3/c19-16-8-4-7-14(11-16)9-10-18(22)23-13-17(21)20-12-15-5-2-1-3-6-15/h1-11H,12-13H2,(H,20,21)/b10-9+. The molecule has 0 fully saturated rings. The van der Waals surface area contributed by atoms with Crippen molar-refractivity contribution in [3.8, 4) is 0 Å². The van der Waals surface area contributed by atoms with E-state index in [9.17, 15) is 9.59 Å². The normalized spacial score (nSPS) is 10.5. The highest BCUT2D eigenvalue weighted by molar-refractivity contribution is 6.30. The van der Waals surface area contributed by atoms with Crippen LogP contribution in [-0.4, -0.2) is 18.5 Å². The Morgan fingerprint density at radius 1 is 1.09 bits per heavy atom. The zero-order valence-corrected chi connectivity index (χ0v) is 13.1. The largest absolute Gasteiger partial charge is 0.452 e. The Morgan fingerprint density at radius 3 is 2.61 bits per heavy atom. The van der Waals surface area contributed by atoms with Gasteiger partial charge in [-0.1, -0.05) is 54.1 Å². The molecule has 0 heterocycles. The van der Waals surface area contributed by atoms with Gasteiger partial charge < -0.3 is 10.1 Å². The molecule has 2 aromatic carbocycles. The molecule has 0 radical (unpaired) electrons. The van der Waals surface area contributed by atoms with Crippen molar-refractivity contribution < 1.29 is 14.3 Å². The highest BCUT2D eigenvalue weighted by Gasteiger charge is 2.04. The predicted molar refractivity (Wildman–Crippen MR) is 89.7 cm³/mol. The number of carbonyl (C=O) groups excluding carboxylic acids is 2. The van der Waals surface area contributed by atoms with Crippen LogP contribution in [0.4, 0.5) is 0 Å². The minimum Gasteiger partial charge on any atom is -0.452 e. The molecule has 0 atom stereocenters. The molecule has 0 spiro atoms. The number of carbonyl (C=O) groups is 2. The predicted octanol–water partition coefficient (Wildman–Crippen LogP) is 3.21. The van der Waals surface area contributed by atoms with Crippen LogP contribution in [0.1, 0.15) is 11.1 Å². The van der Waals surface area contributed by atoms with Crippen LogP contribution >= 0.6 is 11.6 Å². The van der Waals surface area contributed by atoms with E-state index in [0.29, 0.717) is 11.6 Å². The molecular formula is C18H16ClNO3. The van der Waals surface area contributed by atoms with Gasteiger partial charge in [0.05, 0.1) is 0 Å². The molecule has 1 N–H and O–H groups in total. The van der Waals surface area contributed by atoms with Crippen LogP contribution in [-0.2, 0) is 20.9 Å². The quantitative estimate of drug-likeness (QED) is 0.654. The van der Waals surface area contributed by atoms with Crippen LogP contribution in [0.2, 0.25) is 5.02 Å². The van der Waals surface area contributed by atoms with Crippen LogP contribution in [0.25, 0.3) is 6.08 Å². The van der Waals surface area contributed by atoms with Crippen molar-refractivity contribution in [2.75, 3.05) is 6.61 Å². The fourth-order valence-electron chi connectivity index (χ4n) is 1.81. The number of amides is 1. The van der Waals surface area contributed by atoms with Gasteiger partial charge in [-0.15, -0.1) is 0 Å². The number of esters is 1. The Bertz CT molecular complexity index is 698. The first-order valence-electron chi connectivity index (χ1n) is 7.04. The molecule has 0 aliphatic carbocycles. The highest BCUT2D eigenvalue weighted by atomic mass is 35.5. The summed E-state index contributed by atoms with van der Waals surface area (Å²) < 4.78 is 4.87. The molecule has 1 amide bonds. The maximum absolute atomic E-state index is 11.6. The summed E-state index contributed by atoms with van der Waals surface area (Å²) >= 11 is 5.85. The topological polar surface area (TPSA) is 55.4 Å². The van der Waals surface area contributed by atoms with Crippen molar-refractivity contribution in [2.24, 2.45) is 0 Å². The fraction of sp³-hybridized carbons (Fsp3) is 0.111. The molecule has 118 valence electrons. The lowest BCUT2D eigenvalue weighted by Crippen LogP contribution is -2.28. The van der Waals surface area contributed by atoms with Crippen molar-refractivity contribution in [3.63, 3.8) is 0 Å². The van der Waals surface area contributed by atoms with Gasteiger partial charge in [0.15, 0.2) is 6.61 Å². The van der Waals surface area contributed by atoms with E-state index in [1.165, 1.54) is 6.08 Å². The maximum atomic E-state index is 11.6. The van der Waals surface area contributed by atoms with Gasteiger partial charge in [0.2, 0.25) is 0 Å². The van der Waals surface area contributed by atoms with Crippen LogP contribution in [0, 0.1) is 0 Å². The highest BCUT2D eigenvalue weighted by Crippen LogP contribution is 2.11. The smallest absolute Gasteiger partial charge is 0.331 e. The van der Waals surface area contributed by atoms with E-state index in [1.807, 2.05) is 36.4 Å². The minimum absolute atomic E-state index is 0.314. The molecule has 0 saturated carbocycles. The van der Waals surface area contributed by atoms with E-state index >= 15 is 0 Å². The van der Waals surface area contributed by atoms with Gasteiger partial charge in [-0.3, -0.25) is 4.79 Å². The Balaban J connectivity index is 1.72. The van der Waals surface area contributed by atoms with Gasteiger partial charge in [0.25, 0.3) is 5.91 Å². The lowest BCUT2D eigenvalue weighted by Gasteiger charge is -2.05. The van der Waals surface area contributed by atoms with Crippen LogP contribution < -0.4 is 5.32 Å². The summed E-state index contributed by atoms with van der Waals surface area (Å²) in [6.45, 7) is 0.0845. The molecule has 2 aromatic rings. The Kier molecular flexibility index (Phi) is 6.39. The third kappa shape index (κ3) is 6.36. The number of rotatable bonds is 6. The lowest BCUT2D eigenvalue weighted by atomic mass is 10.2. The van der Waals surface area contributed by atoms with Crippen molar-refractivity contribution in [3.05, 3.63) is 76.8 Å². The third-order valence-corrected chi connectivity index (χ3v) is 3.17. The number of halogens is 1. The second kappa shape index (κ2) is 8.76. The third-order valence-electron chi connectivity index (χ3n) is 2.94. The van der Waals surface area contributed by atoms with Crippen LogP contribution in [0.15, 0.2) is 60.7 Å². The SMILES string of the molecule is O=C(COC(=O)/C=C/c1cccc(Cl)c1)NCc1ccccc1. The zero-order valence-electron chi connectivity index (χ0n) is 12.4. The maximum Gasteiger partial charge on any atom is 0.331 e.